The predicted molar refractivity (Wildman–Crippen MR) is 77.2 cm³/mol. The van der Waals surface area contributed by atoms with E-state index in [1.165, 1.54) is 6.07 Å². The molecule has 7 heteroatoms. The van der Waals surface area contributed by atoms with Crippen molar-refractivity contribution >= 4 is 27.4 Å². The van der Waals surface area contributed by atoms with E-state index in [1.807, 2.05) is 11.9 Å². The molecule has 0 unspecified atom stereocenters. The minimum absolute atomic E-state index is 0.0340. The van der Waals surface area contributed by atoms with Gasteiger partial charge in [-0.05, 0) is 41.6 Å². The maximum absolute atomic E-state index is 11.1. The van der Waals surface area contributed by atoms with Gasteiger partial charge in [-0.25, -0.2) is 4.98 Å². The summed E-state index contributed by atoms with van der Waals surface area (Å²) in [6, 6.07) is 2.03. The maximum atomic E-state index is 11.1. The van der Waals surface area contributed by atoms with E-state index in [1.54, 1.807) is 6.20 Å². The van der Waals surface area contributed by atoms with Crippen molar-refractivity contribution in [2.75, 3.05) is 11.9 Å². The molecule has 0 spiro atoms. The number of rotatable bonds is 3. The van der Waals surface area contributed by atoms with Crippen LogP contribution in [0.25, 0.3) is 0 Å². The molecule has 0 atom stereocenters. The van der Waals surface area contributed by atoms with Crippen LogP contribution in [0.15, 0.2) is 16.7 Å². The van der Waals surface area contributed by atoms with E-state index in [4.69, 9.17) is 5.73 Å². The SMILES string of the molecule is CN(c1ncc(Br)cc1[N+](=O)[O-])C1CCC(N)CC1. The van der Waals surface area contributed by atoms with Crippen LogP contribution in [0.1, 0.15) is 25.7 Å². The fourth-order valence-corrected chi connectivity index (χ4v) is 2.81. The molecular weight excluding hydrogens is 312 g/mol. The highest BCUT2D eigenvalue weighted by atomic mass is 79.9. The van der Waals surface area contributed by atoms with Crippen molar-refractivity contribution in [2.24, 2.45) is 5.73 Å². The fraction of sp³-hybridized carbons (Fsp3) is 0.583. The summed E-state index contributed by atoms with van der Waals surface area (Å²) >= 11 is 3.22. The first-order valence-corrected chi connectivity index (χ1v) is 7.06. The first-order chi connectivity index (χ1) is 8.99. The Balaban J connectivity index is 2.23. The Morgan fingerprint density at radius 1 is 1.47 bits per heavy atom. The van der Waals surface area contributed by atoms with Gasteiger partial charge in [-0.3, -0.25) is 10.1 Å². The van der Waals surface area contributed by atoms with Gasteiger partial charge in [0, 0.05) is 35.9 Å². The van der Waals surface area contributed by atoms with Gasteiger partial charge in [0.2, 0.25) is 5.82 Å². The topological polar surface area (TPSA) is 85.3 Å². The summed E-state index contributed by atoms with van der Waals surface area (Å²) in [7, 11) is 1.87. The van der Waals surface area contributed by atoms with Crippen LogP contribution in [0.3, 0.4) is 0 Å². The minimum Gasteiger partial charge on any atom is -0.351 e. The minimum atomic E-state index is -0.391. The average molecular weight is 329 g/mol. The number of nitro groups is 1. The number of aromatic nitrogens is 1. The summed E-state index contributed by atoms with van der Waals surface area (Å²) in [5, 5.41) is 11.1. The standard InChI is InChI=1S/C12H17BrN4O2/c1-16(10-4-2-9(14)3-5-10)12-11(17(18)19)6-8(13)7-15-12/h6-7,9-10H,2-5,14H2,1H3. The smallest absolute Gasteiger partial charge is 0.312 e. The van der Waals surface area contributed by atoms with Gasteiger partial charge in [0.1, 0.15) is 0 Å². The van der Waals surface area contributed by atoms with Crippen molar-refractivity contribution in [1.29, 1.82) is 0 Å². The molecule has 19 heavy (non-hydrogen) atoms. The Morgan fingerprint density at radius 3 is 2.68 bits per heavy atom. The average Bonchev–Trinajstić information content (AvgIpc) is 2.38. The van der Waals surface area contributed by atoms with Crippen molar-refractivity contribution in [2.45, 2.75) is 37.8 Å². The summed E-state index contributed by atoms with van der Waals surface area (Å²) in [5.74, 6) is 0.425. The van der Waals surface area contributed by atoms with Crippen molar-refractivity contribution in [3.63, 3.8) is 0 Å². The summed E-state index contributed by atoms with van der Waals surface area (Å²) in [6.45, 7) is 0. The van der Waals surface area contributed by atoms with Crippen molar-refractivity contribution in [1.82, 2.24) is 4.98 Å². The molecule has 2 rings (SSSR count). The summed E-state index contributed by atoms with van der Waals surface area (Å²) in [5.41, 5.74) is 5.92. The van der Waals surface area contributed by atoms with Crippen molar-refractivity contribution in [3.05, 3.63) is 26.9 Å². The lowest BCUT2D eigenvalue weighted by Gasteiger charge is -2.33. The molecule has 1 aromatic rings. The van der Waals surface area contributed by atoms with Crippen LogP contribution < -0.4 is 10.6 Å². The quantitative estimate of drug-likeness (QED) is 0.680. The van der Waals surface area contributed by atoms with Crippen LogP contribution in [0.2, 0.25) is 0 Å². The number of nitrogens with zero attached hydrogens (tertiary/aromatic N) is 3. The molecule has 0 aliphatic heterocycles. The zero-order chi connectivity index (χ0) is 14.0. The Morgan fingerprint density at radius 2 is 2.11 bits per heavy atom. The van der Waals surface area contributed by atoms with Crippen LogP contribution in [0.5, 0.6) is 0 Å². The van der Waals surface area contributed by atoms with Gasteiger partial charge in [-0.2, -0.15) is 0 Å². The van der Waals surface area contributed by atoms with Crippen LogP contribution >= 0.6 is 15.9 Å². The van der Waals surface area contributed by atoms with E-state index >= 15 is 0 Å². The van der Waals surface area contributed by atoms with Crippen LogP contribution in [-0.2, 0) is 0 Å². The third kappa shape index (κ3) is 3.22. The summed E-state index contributed by atoms with van der Waals surface area (Å²) < 4.78 is 0.613. The van der Waals surface area contributed by atoms with Gasteiger partial charge < -0.3 is 10.6 Å². The molecule has 1 heterocycles. The molecule has 0 saturated heterocycles. The molecule has 1 aliphatic carbocycles. The summed E-state index contributed by atoms with van der Waals surface area (Å²) in [4.78, 5) is 16.8. The third-order valence-electron chi connectivity index (χ3n) is 3.63. The first kappa shape index (κ1) is 14.2. The zero-order valence-electron chi connectivity index (χ0n) is 10.8. The number of anilines is 1. The number of halogens is 1. The highest BCUT2D eigenvalue weighted by molar-refractivity contribution is 9.10. The van der Waals surface area contributed by atoms with Gasteiger partial charge >= 0.3 is 5.69 Å². The van der Waals surface area contributed by atoms with Crippen molar-refractivity contribution in [3.8, 4) is 0 Å². The van der Waals surface area contributed by atoms with E-state index < -0.39 is 4.92 Å². The monoisotopic (exact) mass is 328 g/mol. The second-order valence-corrected chi connectivity index (χ2v) is 5.85. The van der Waals surface area contributed by atoms with Crippen LogP contribution in [-0.4, -0.2) is 29.0 Å². The number of hydrogen-bond acceptors (Lipinski definition) is 5. The Labute approximate surface area is 120 Å². The lowest BCUT2D eigenvalue weighted by Crippen LogP contribution is -2.39. The van der Waals surface area contributed by atoms with Crippen molar-refractivity contribution < 1.29 is 4.92 Å². The zero-order valence-corrected chi connectivity index (χ0v) is 12.3. The van der Waals surface area contributed by atoms with E-state index in [2.05, 4.69) is 20.9 Å². The Hall–Kier alpha value is -1.21. The second kappa shape index (κ2) is 5.83. The predicted octanol–water partition coefficient (Wildman–Crippen LogP) is 2.46. The largest absolute Gasteiger partial charge is 0.351 e. The molecule has 0 aromatic carbocycles. The molecule has 1 fully saturated rings. The molecule has 0 bridgehead atoms. The molecule has 1 aromatic heterocycles. The van der Waals surface area contributed by atoms with E-state index in [0.29, 0.717) is 10.3 Å². The molecule has 104 valence electrons. The second-order valence-electron chi connectivity index (χ2n) is 4.93. The van der Waals surface area contributed by atoms with E-state index in [-0.39, 0.29) is 17.8 Å². The molecule has 1 aliphatic rings. The number of hydrogen-bond donors (Lipinski definition) is 1. The van der Waals surface area contributed by atoms with Crippen LogP contribution in [0.4, 0.5) is 11.5 Å². The normalized spacial score (nSPS) is 23.1. The van der Waals surface area contributed by atoms with E-state index in [0.717, 1.165) is 25.7 Å². The Kier molecular flexibility index (Phi) is 4.36. The lowest BCUT2D eigenvalue weighted by atomic mass is 9.91. The van der Waals surface area contributed by atoms with Gasteiger partial charge in [0.15, 0.2) is 0 Å². The van der Waals surface area contributed by atoms with Gasteiger partial charge in [0.05, 0.1) is 4.92 Å². The molecular formula is C12H17BrN4O2. The fourth-order valence-electron chi connectivity index (χ4n) is 2.49. The van der Waals surface area contributed by atoms with Gasteiger partial charge in [0.25, 0.3) is 0 Å². The molecule has 6 nitrogen and oxygen atoms in total. The lowest BCUT2D eigenvalue weighted by molar-refractivity contribution is -0.384. The van der Waals surface area contributed by atoms with E-state index in [9.17, 15) is 10.1 Å². The van der Waals surface area contributed by atoms with Crippen LogP contribution in [0, 0.1) is 10.1 Å². The third-order valence-corrected chi connectivity index (χ3v) is 4.07. The highest BCUT2D eigenvalue weighted by Crippen LogP contribution is 2.32. The number of pyridine rings is 1. The van der Waals surface area contributed by atoms with Gasteiger partial charge in [-0.15, -0.1) is 0 Å². The van der Waals surface area contributed by atoms with Gasteiger partial charge in [-0.1, -0.05) is 0 Å². The molecule has 0 radical (unpaired) electrons. The molecule has 0 amide bonds. The first-order valence-electron chi connectivity index (χ1n) is 6.27. The molecule has 2 N–H and O–H groups in total. The Bertz CT molecular complexity index is 475. The highest BCUT2D eigenvalue weighted by Gasteiger charge is 2.27. The number of nitrogens with two attached hydrogens (primary N) is 1. The maximum Gasteiger partial charge on any atom is 0.312 e. The summed E-state index contributed by atoms with van der Waals surface area (Å²) in [6.07, 6.45) is 5.41. The molecule has 1 saturated carbocycles.